The van der Waals surface area contributed by atoms with Gasteiger partial charge in [-0.2, -0.15) is 0 Å². The van der Waals surface area contributed by atoms with Crippen LogP contribution in [0.5, 0.6) is 0 Å². The number of carbonyl (C=O) groups excluding carboxylic acids is 4. The Kier molecular flexibility index (Phi) is 7.88. The lowest BCUT2D eigenvalue weighted by Crippen LogP contribution is -2.65. The molecule has 2 aromatic rings. The summed E-state index contributed by atoms with van der Waals surface area (Å²) in [5.74, 6) is -3.58. The standard InChI is InChI=1S/C26H33FN5O7PS/c1-26-8-3-2-4-17(24(35)32(26)18(7-9-26)22(33)29-16-12-31(13-16)25(28)36)30-23(34)20-11-15-10-14(5-6-19(15)41-20)21(27)40(37,38)39/h5-6,10-11,16-18,21H,2-4,7-9,12-13H2,1H3,(H2,28,36)(H,29,33)(H,30,34)(H2,37,38,39)/t17-,18-,21?,26-/m0/s1. The van der Waals surface area contributed by atoms with E-state index in [0.29, 0.717) is 42.4 Å². The van der Waals surface area contributed by atoms with E-state index in [-0.39, 0.29) is 28.3 Å². The fraction of sp³-hybridized carbons (Fsp3) is 0.538. The third kappa shape index (κ3) is 5.83. The number of amides is 5. The number of nitrogens with two attached hydrogens (primary N) is 1. The molecule has 5 rings (SSSR count). The van der Waals surface area contributed by atoms with Gasteiger partial charge in [-0.1, -0.05) is 18.9 Å². The zero-order valence-electron chi connectivity index (χ0n) is 22.4. The predicted octanol–water partition coefficient (Wildman–Crippen LogP) is 2.35. The number of alkyl halides is 1. The minimum Gasteiger partial charge on any atom is -0.351 e. The van der Waals surface area contributed by atoms with Crippen LogP contribution in [-0.2, 0) is 14.2 Å². The molecule has 1 aromatic heterocycles. The number of rotatable bonds is 6. The number of halogens is 1. The van der Waals surface area contributed by atoms with Gasteiger partial charge in [0, 0.05) is 23.3 Å². The number of nitrogens with one attached hydrogen (secondary N) is 2. The Balaban J connectivity index is 1.31. The molecule has 222 valence electrons. The van der Waals surface area contributed by atoms with Crippen molar-refractivity contribution in [1.82, 2.24) is 20.4 Å². The van der Waals surface area contributed by atoms with E-state index in [1.165, 1.54) is 29.2 Å². The fourth-order valence-electron chi connectivity index (χ4n) is 6.06. The molecule has 0 aliphatic carbocycles. The normalized spacial score (nSPS) is 26.1. The molecule has 6 N–H and O–H groups in total. The molecule has 0 radical (unpaired) electrons. The highest BCUT2D eigenvalue weighted by Crippen LogP contribution is 2.53. The molecule has 1 unspecified atom stereocenters. The van der Waals surface area contributed by atoms with E-state index in [4.69, 9.17) is 5.73 Å². The molecule has 5 amide bonds. The van der Waals surface area contributed by atoms with Crippen molar-refractivity contribution in [3.63, 3.8) is 0 Å². The first-order chi connectivity index (χ1) is 19.3. The van der Waals surface area contributed by atoms with E-state index in [2.05, 4.69) is 10.6 Å². The Hall–Kier alpha value is -3.06. The van der Waals surface area contributed by atoms with Gasteiger partial charge in [0.05, 0.1) is 10.9 Å². The molecule has 4 atom stereocenters. The number of carbonyl (C=O) groups is 4. The maximum Gasteiger partial charge on any atom is 0.363 e. The Morgan fingerprint density at radius 3 is 2.56 bits per heavy atom. The first kappa shape index (κ1) is 29.4. The SMILES string of the molecule is C[C@@]12CCCC[C@H](NC(=O)c3cc4cc(C(F)P(=O)(O)O)ccc4s3)C(=O)N1[C@H](C(=O)NC1CN(C(N)=O)C1)CC2. The molecule has 1 aromatic carbocycles. The number of thiophene rings is 1. The highest BCUT2D eigenvalue weighted by atomic mass is 32.1. The minimum absolute atomic E-state index is 0.187. The van der Waals surface area contributed by atoms with Gasteiger partial charge < -0.3 is 36.0 Å². The van der Waals surface area contributed by atoms with E-state index in [1.807, 2.05) is 6.92 Å². The summed E-state index contributed by atoms with van der Waals surface area (Å²) in [6.07, 6.45) is 3.83. The summed E-state index contributed by atoms with van der Waals surface area (Å²) in [7, 11) is -4.98. The summed E-state index contributed by atoms with van der Waals surface area (Å²) < 4.78 is 26.2. The monoisotopic (exact) mass is 609 g/mol. The zero-order chi connectivity index (χ0) is 29.7. The molecule has 3 aliphatic heterocycles. The second kappa shape index (κ2) is 11.0. The van der Waals surface area contributed by atoms with Crippen LogP contribution < -0.4 is 16.4 Å². The minimum atomic E-state index is -4.98. The number of benzene rings is 1. The van der Waals surface area contributed by atoms with Crippen molar-refractivity contribution < 1.29 is 37.9 Å². The van der Waals surface area contributed by atoms with Crippen molar-refractivity contribution >= 4 is 52.8 Å². The van der Waals surface area contributed by atoms with Gasteiger partial charge >= 0.3 is 13.6 Å². The summed E-state index contributed by atoms with van der Waals surface area (Å²) >= 11 is 1.12. The largest absolute Gasteiger partial charge is 0.363 e. The number of urea groups is 1. The van der Waals surface area contributed by atoms with Gasteiger partial charge in [-0.25, -0.2) is 9.18 Å². The summed E-state index contributed by atoms with van der Waals surface area (Å²) in [6.45, 7) is 2.61. The van der Waals surface area contributed by atoms with Crippen LogP contribution in [0.4, 0.5) is 9.18 Å². The maximum atomic E-state index is 14.2. The lowest BCUT2D eigenvalue weighted by Gasteiger charge is -2.43. The van der Waals surface area contributed by atoms with Crippen LogP contribution in [0.3, 0.4) is 0 Å². The molecule has 3 aliphatic rings. The van der Waals surface area contributed by atoms with Gasteiger partial charge in [-0.05, 0) is 61.8 Å². The van der Waals surface area contributed by atoms with Crippen molar-refractivity contribution in [1.29, 1.82) is 0 Å². The molecule has 12 nitrogen and oxygen atoms in total. The molecule has 4 heterocycles. The average molecular weight is 610 g/mol. The van der Waals surface area contributed by atoms with E-state index in [9.17, 15) is 37.9 Å². The van der Waals surface area contributed by atoms with Gasteiger partial charge in [-0.15, -0.1) is 11.3 Å². The molecule has 0 saturated carbocycles. The van der Waals surface area contributed by atoms with Crippen molar-refractivity contribution in [3.8, 4) is 0 Å². The number of fused-ring (bicyclic) bond motifs is 2. The fourth-order valence-corrected chi connectivity index (χ4v) is 7.55. The van der Waals surface area contributed by atoms with Crippen LogP contribution >= 0.6 is 18.9 Å². The van der Waals surface area contributed by atoms with Crippen molar-refractivity contribution in [3.05, 3.63) is 34.7 Å². The quantitative estimate of drug-likeness (QED) is 0.312. The van der Waals surface area contributed by atoms with Gasteiger partial charge in [-0.3, -0.25) is 18.9 Å². The van der Waals surface area contributed by atoms with Crippen molar-refractivity contribution in [2.24, 2.45) is 5.73 Å². The van der Waals surface area contributed by atoms with Gasteiger partial charge in [0.25, 0.3) is 5.91 Å². The zero-order valence-corrected chi connectivity index (χ0v) is 24.1. The Morgan fingerprint density at radius 2 is 1.88 bits per heavy atom. The smallest absolute Gasteiger partial charge is 0.351 e. The molecule has 41 heavy (non-hydrogen) atoms. The van der Waals surface area contributed by atoms with Crippen LogP contribution in [0.15, 0.2) is 24.3 Å². The summed E-state index contributed by atoms with van der Waals surface area (Å²) in [5, 5.41) is 6.21. The number of nitrogens with zero attached hydrogens (tertiary/aromatic N) is 2. The van der Waals surface area contributed by atoms with Crippen molar-refractivity contribution in [2.75, 3.05) is 13.1 Å². The lowest BCUT2D eigenvalue weighted by atomic mass is 9.88. The van der Waals surface area contributed by atoms with Crippen LogP contribution in [0, 0.1) is 0 Å². The van der Waals surface area contributed by atoms with Gasteiger partial charge in [0.1, 0.15) is 12.1 Å². The molecule has 3 fully saturated rings. The second-order valence-electron chi connectivity index (χ2n) is 11.3. The van der Waals surface area contributed by atoms with Crippen LogP contribution in [0.25, 0.3) is 10.1 Å². The molecular weight excluding hydrogens is 576 g/mol. The Morgan fingerprint density at radius 1 is 1.15 bits per heavy atom. The summed E-state index contributed by atoms with van der Waals surface area (Å²) in [4.78, 5) is 73.4. The van der Waals surface area contributed by atoms with Crippen LogP contribution in [-0.4, -0.2) is 80.1 Å². The molecule has 3 saturated heterocycles. The lowest BCUT2D eigenvalue weighted by molar-refractivity contribution is -0.146. The molecule has 15 heteroatoms. The molecular formula is C26H33FN5O7PS. The highest BCUT2D eigenvalue weighted by Gasteiger charge is 2.51. The Bertz CT molecular complexity index is 1440. The van der Waals surface area contributed by atoms with Crippen LogP contribution in [0.2, 0.25) is 0 Å². The van der Waals surface area contributed by atoms with E-state index in [0.717, 1.165) is 30.6 Å². The van der Waals surface area contributed by atoms with E-state index >= 15 is 0 Å². The van der Waals surface area contributed by atoms with Crippen LogP contribution in [0.1, 0.15) is 66.6 Å². The van der Waals surface area contributed by atoms with Gasteiger partial charge in [0.2, 0.25) is 17.7 Å². The van der Waals surface area contributed by atoms with Crippen molar-refractivity contribution in [2.45, 2.75) is 75.0 Å². The van der Waals surface area contributed by atoms with Gasteiger partial charge in [0.15, 0.2) is 0 Å². The molecule has 0 spiro atoms. The molecule has 0 bridgehead atoms. The van der Waals surface area contributed by atoms with E-state index in [1.54, 1.807) is 4.90 Å². The average Bonchev–Trinajstić information content (AvgIpc) is 3.46. The number of hydrogen-bond acceptors (Lipinski definition) is 6. The number of hydrogen-bond donors (Lipinski definition) is 5. The van der Waals surface area contributed by atoms with E-state index < -0.39 is 43.1 Å². The topological polar surface area (TPSA) is 182 Å². The third-order valence-electron chi connectivity index (χ3n) is 8.33. The highest BCUT2D eigenvalue weighted by molar-refractivity contribution is 7.51. The first-order valence-electron chi connectivity index (χ1n) is 13.5. The maximum absolute atomic E-state index is 14.2. The first-order valence-corrected chi connectivity index (χ1v) is 16.0. The second-order valence-corrected chi connectivity index (χ2v) is 14.0. The summed E-state index contributed by atoms with van der Waals surface area (Å²) in [6, 6.07) is 3.25. The summed E-state index contributed by atoms with van der Waals surface area (Å²) in [5.41, 5.74) is 4.55. The third-order valence-corrected chi connectivity index (χ3v) is 10.3. The number of primary amides is 1. The predicted molar refractivity (Wildman–Crippen MR) is 149 cm³/mol. The Labute approximate surface area is 239 Å². The number of likely N-dealkylation sites (tertiary alicyclic amines) is 1.